The van der Waals surface area contributed by atoms with Crippen molar-refractivity contribution in [1.82, 2.24) is 20.4 Å². The molecule has 2 atom stereocenters. The van der Waals surface area contributed by atoms with Crippen LogP contribution in [0.15, 0.2) is 6.07 Å². The maximum atomic E-state index is 12.0. The van der Waals surface area contributed by atoms with Gasteiger partial charge in [-0.25, -0.2) is 0 Å². The molecule has 1 saturated heterocycles. The normalized spacial score (nSPS) is 23.9. The molecule has 5 nitrogen and oxygen atoms in total. The van der Waals surface area contributed by atoms with Gasteiger partial charge in [-0.05, 0) is 38.8 Å². The van der Waals surface area contributed by atoms with Crippen LogP contribution in [-0.4, -0.2) is 34.8 Å². The van der Waals surface area contributed by atoms with Gasteiger partial charge in [0.2, 0.25) is 5.91 Å². The van der Waals surface area contributed by atoms with Crippen LogP contribution in [0.1, 0.15) is 24.7 Å². The van der Waals surface area contributed by atoms with Gasteiger partial charge in [-0.3, -0.25) is 9.48 Å². The zero-order valence-corrected chi connectivity index (χ0v) is 11.4. The fourth-order valence-electron chi connectivity index (χ4n) is 2.41. The van der Waals surface area contributed by atoms with Crippen LogP contribution in [-0.2, 0) is 11.3 Å². The van der Waals surface area contributed by atoms with E-state index in [0.717, 1.165) is 30.9 Å². The number of carbonyl (C=O) groups excluding carboxylic acids is 1. The first kappa shape index (κ1) is 13.1. The first-order valence-corrected chi connectivity index (χ1v) is 6.57. The number of aryl methyl sites for hydroxylation is 2. The minimum absolute atomic E-state index is 0.0433. The summed E-state index contributed by atoms with van der Waals surface area (Å²) in [4.78, 5) is 12.0. The molecule has 1 fully saturated rings. The molecule has 5 heteroatoms. The summed E-state index contributed by atoms with van der Waals surface area (Å²) in [5, 5.41) is 10.7. The van der Waals surface area contributed by atoms with Crippen LogP contribution in [0.5, 0.6) is 0 Å². The van der Waals surface area contributed by atoms with Crippen molar-refractivity contribution in [3.05, 3.63) is 17.5 Å². The number of aromatic nitrogens is 2. The number of nitrogens with one attached hydrogen (secondary N) is 2. The molecule has 2 N–H and O–H groups in total. The molecule has 2 unspecified atom stereocenters. The lowest BCUT2D eigenvalue weighted by Crippen LogP contribution is -2.50. The predicted molar refractivity (Wildman–Crippen MR) is 70.3 cm³/mol. The van der Waals surface area contributed by atoms with Crippen molar-refractivity contribution in [3.63, 3.8) is 0 Å². The third kappa shape index (κ3) is 3.10. The molecule has 0 saturated carbocycles. The third-order valence-corrected chi connectivity index (χ3v) is 3.57. The number of hydrogen-bond donors (Lipinski definition) is 2. The molecule has 0 aromatic carbocycles. The minimum Gasteiger partial charge on any atom is -0.350 e. The molecule has 2 heterocycles. The van der Waals surface area contributed by atoms with Gasteiger partial charge < -0.3 is 10.6 Å². The minimum atomic E-state index is 0.0433. The fraction of sp³-hybridized carbons (Fsp3) is 0.692. The maximum Gasteiger partial charge on any atom is 0.242 e. The van der Waals surface area contributed by atoms with Crippen molar-refractivity contribution in [2.24, 2.45) is 5.92 Å². The second-order valence-electron chi connectivity index (χ2n) is 5.23. The maximum absolute atomic E-state index is 12.0. The van der Waals surface area contributed by atoms with Crippen LogP contribution in [0.3, 0.4) is 0 Å². The second kappa shape index (κ2) is 5.52. The van der Waals surface area contributed by atoms with E-state index >= 15 is 0 Å². The monoisotopic (exact) mass is 250 g/mol. The zero-order valence-electron chi connectivity index (χ0n) is 11.4. The highest BCUT2D eigenvalue weighted by atomic mass is 16.2. The van der Waals surface area contributed by atoms with E-state index < -0.39 is 0 Å². The smallest absolute Gasteiger partial charge is 0.242 e. The topological polar surface area (TPSA) is 59.0 Å². The standard InChI is InChI=1S/C13H22N4O/c1-9-4-5-14-7-12(9)15-13(18)8-17-11(3)6-10(2)16-17/h6,9,12,14H,4-5,7-8H2,1-3H3,(H,15,18). The van der Waals surface area contributed by atoms with Crippen LogP contribution in [0.2, 0.25) is 0 Å². The van der Waals surface area contributed by atoms with Crippen LogP contribution < -0.4 is 10.6 Å². The number of piperidine rings is 1. The molecule has 0 bridgehead atoms. The molecule has 0 aliphatic carbocycles. The summed E-state index contributed by atoms with van der Waals surface area (Å²) in [5.41, 5.74) is 1.98. The van der Waals surface area contributed by atoms with Crippen LogP contribution in [0.4, 0.5) is 0 Å². The first-order chi connectivity index (χ1) is 8.56. The number of nitrogens with zero attached hydrogens (tertiary/aromatic N) is 2. The number of carbonyl (C=O) groups is 1. The summed E-state index contributed by atoms with van der Waals surface area (Å²) >= 11 is 0. The van der Waals surface area contributed by atoms with Gasteiger partial charge in [0.05, 0.1) is 5.69 Å². The lowest BCUT2D eigenvalue weighted by atomic mass is 9.95. The second-order valence-corrected chi connectivity index (χ2v) is 5.23. The number of amides is 1. The van der Waals surface area contributed by atoms with Crippen molar-refractivity contribution in [3.8, 4) is 0 Å². The summed E-state index contributed by atoms with van der Waals surface area (Å²) in [6.45, 7) is 8.32. The highest BCUT2D eigenvalue weighted by Gasteiger charge is 2.22. The Balaban J connectivity index is 1.90. The Morgan fingerprint density at radius 3 is 3.00 bits per heavy atom. The Morgan fingerprint density at radius 2 is 2.39 bits per heavy atom. The molecule has 1 amide bonds. The van der Waals surface area contributed by atoms with Gasteiger partial charge in [-0.2, -0.15) is 5.10 Å². The van der Waals surface area contributed by atoms with Crippen molar-refractivity contribution >= 4 is 5.91 Å². The molecule has 100 valence electrons. The van der Waals surface area contributed by atoms with Gasteiger partial charge >= 0.3 is 0 Å². The van der Waals surface area contributed by atoms with Gasteiger partial charge in [0, 0.05) is 18.3 Å². The van der Waals surface area contributed by atoms with Gasteiger partial charge in [-0.1, -0.05) is 6.92 Å². The third-order valence-electron chi connectivity index (χ3n) is 3.57. The summed E-state index contributed by atoms with van der Waals surface area (Å²) in [6, 6.07) is 2.22. The van der Waals surface area contributed by atoms with E-state index in [1.165, 1.54) is 0 Å². The van der Waals surface area contributed by atoms with Crippen molar-refractivity contribution < 1.29 is 4.79 Å². The molecule has 0 radical (unpaired) electrons. The molecular weight excluding hydrogens is 228 g/mol. The molecule has 0 spiro atoms. The Kier molecular flexibility index (Phi) is 4.01. The van der Waals surface area contributed by atoms with E-state index in [2.05, 4.69) is 22.7 Å². The van der Waals surface area contributed by atoms with Crippen molar-refractivity contribution in [2.75, 3.05) is 13.1 Å². The lowest BCUT2D eigenvalue weighted by Gasteiger charge is -2.30. The SMILES string of the molecule is Cc1cc(C)n(CC(=O)NC2CNCCC2C)n1. The van der Waals surface area contributed by atoms with E-state index in [-0.39, 0.29) is 11.9 Å². The molecular formula is C13H22N4O. The molecule has 2 rings (SSSR count). The largest absolute Gasteiger partial charge is 0.350 e. The Labute approximate surface area is 108 Å². The van der Waals surface area contributed by atoms with Gasteiger partial charge in [0.1, 0.15) is 6.54 Å². The van der Waals surface area contributed by atoms with Gasteiger partial charge in [0.25, 0.3) is 0 Å². The molecule has 18 heavy (non-hydrogen) atoms. The molecule has 1 aliphatic heterocycles. The highest BCUT2D eigenvalue weighted by molar-refractivity contribution is 5.76. The first-order valence-electron chi connectivity index (χ1n) is 6.57. The number of rotatable bonds is 3. The summed E-state index contributed by atoms with van der Waals surface area (Å²) < 4.78 is 1.76. The van der Waals surface area contributed by atoms with Crippen molar-refractivity contribution in [1.29, 1.82) is 0 Å². The Morgan fingerprint density at radius 1 is 1.61 bits per heavy atom. The van der Waals surface area contributed by atoms with Gasteiger partial charge in [0.15, 0.2) is 0 Å². The van der Waals surface area contributed by atoms with Gasteiger partial charge in [-0.15, -0.1) is 0 Å². The molecule has 1 aromatic heterocycles. The molecule has 1 aliphatic rings. The van der Waals surface area contributed by atoms with E-state index in [1.807, 2.05) is 19.9 Å². The summed E-state index contributed by atoms with van der Waals surface area (Å²) in [5.74, 6) is 0.581. The fourth-order valence-corrected chi connectivity index (χ4v) is 2.41. The number of hydrogen-bond acceptors (Lipinski definition) is 3. The van der Waals surface area contributed by atoms with E-state index in [1.54, 1.807) is 4.68 Å². The summed E-state index contributed by atoms with van der Waals surface area (Å²) in [6.07, 6.45) is 1.12. The van der Waals surface area contributed by atoms with Crippen LogP contribution in [0, 0.1) is 19.8 Å². The quantitative estimate of drug-likeness (QED) is 0.826. The Hall–Kier alpha value is -1.36. The van der Waals surface area contributed by atoms with E-state index in [9.17, 15) is 4.79 Å². The van der Waals surface area contributed by atoms with Crippen molar-refractivity contribution in [2.45, 2.75) is 39.8 Å². The average Bonchev–Trinajstić information content (AvgIpc) is 2.61. The van der Waals surface area contributed by atoms with E-state index in [4.69, 9.17) is 0 Å². The zero-order chi connectivity index (χ0) is 13.1. The summed E-state index contributed by atoms with van der Waals surface area (Å²) in [7, 11) is 0. The highest BCUT2D eigenvalue weighted by Crippen LogP contribution is 2.11. The molecule has 1 aromatic rings. The predicted octanol–water partition coefficient (Wildman–Crippen LogP) is 0.614. The average molecular weight is 250 g/mol. The lowest BCUT2D eigenvalue weighted by molar-refractivity contribution is -0.123. The van der Waals surface area contributed by atoms with E-state index in [0.29, 0.717) is 12.5 Å². The van der Waals surface area contributed by atoms with Crippen LogP contribution >= 0.6 is 0 Å². The van der Waals surface area contributed by atoms with Crippen LogP contribution in [0.25, 0.3) is 0 Å². The Bertz CT molecular complexity index is 427.